The molecule has 8 nitrogen and oxygen atoms in total. The highest BCUT2D eigenvalue weighted by Gasteiger charge is 2.18. The number of tetrazole rings is 1. The van der Waals surface area contributed by atoms with E-state index in [2.05, 4.69) is 20.8 Å². The normalized spacial score (nSPS) is 13.2. The van der Waals surface area contributed by atoms with Crippen LogP contribution in [-0.2, 0) is 19.3 Å². The molecule has 152 valence electrons. The van der Waals surface area contributed by atoms with Crippen LogP contribution in [0.2, 0.25) is 5.02 Å². The fourth-order valence-electron chi connectivity index (χ4n) is 3.39. The highest BCUT2D eigenvalue weighted by molar-refractivity contribution is 7.11. The summed E-state index contributed by atoms with van der Waals surface area (Å²) < 4.78 is 6.79. The number of nitrogens with zero attached hydrogens (tertiary/aromatic N) is 5. The van der Waals surface area contributed by atoms with Crippen molar-refractivity contribution in [2.45, 2.75) is 38.5 Å². The molecule has 1 N–H and O–H groups in total. The van der Waals surface area contributed by atoms with Crippen LogP contribution in [0.25, 0.3) is 5.69 Å². The van der Waals surface area contributed by atoms with Crippen LogP contribution in [0, 0.1) is 0 Å². The summed E-state index contributed by atoms with van der Waals surface area (Å²) in [5.41, 5.74) is 2.19. The van der Waals surface area contributed by atoms with E-state index < -0.39 is 0 Å². The van der Waals surface area contributed by atoms with E-state index in [0.29, 0.717) is 28.6 Å². The molecule has 0 saturated carbocycles. The van der Waals surface area contributed by atoms with Gasteiger partial charge in [-0.25, -0.2) is 4.98 Å². The SMILES string of the molecule is COc1cc(-n2cnnn2)c(Cl)cc1C(=O)NCCCc1nc2c(s1)CCCC2. The Morgan fingerprint density at radius 1 is 1.34 bits per heavy atom. The molecule has 0 fully saturated rings. The van der Waals surface area contributed by atoms with E-state index in [1.165, 1.54) is 41.5 Å². The molecule has 0 saturated heterocycles. The van der Waals surface area contributed by atoms with Crippen LogP contribution in [-0.4, -0.2) is 44.8 Å². The largest absolute Gasteiger partial charge is 0.496 e. The van der Waals surface area contributed by atoms with Gasteiger partial charge < -0.3 is 10.1 Å². The molecule has 0 aliphatic heterocycles. The summed E-state index contributed by atoms with van der Waals surface area (Å²) in [6.07, 6.45) is 7.89. The molecule has 3 aromatic rings. The number of hydrogen-bond donors (Lipinski definition) is 1. The molecule has 0 spiro atoms. The van der Waals surface area contributed by atoms with Crippen LogP contribution in [0.15, 0.2) is 18.5 Å². The number of amides is 1. The van der Waals surface area contributed by atoms with Crippen LogP contribution in [0.4, 0.5) is 0 Å². The van der Waals surface area contributed by atoms with Crippen molar-refractivity contribution in [3.05, 3.63) is 44.6 Å². The molecule has 2 heterocycles. The Morgan fingerprint density at radius 3 is 2.97 bits per heavy atom. The van der Waals surface area contributed by atoms with E-state index in [9.17, 15) is 4.79 Å². The molecule has 1 aromatic carbocycles. The van der Waals surface area contributed by atoms with Gasteiger partial charge in [0.15, 0.2) is 0 Å². The topological polar surface area (TPSA) is 94.8 Å². The highest BCUT2D eigenvalue weighted by atomic mass is 35.5. The number of hydrogen-bond acceptors (Lipinski definition) is 7. The number of carbonyl (C=O) groups is 1. The average Bonchev–Trinajstić information content (AvgIpc) is 3.40. The van der Waals surface area contributed by atoms with E-state index in [-0.39, 0.29) is 5.91 Å². The smallest absolute Gasteiger partial charge is 0.255 e. The minimum absolute atomic E-state index is 0.231. The lowest BCUT2D eigenvalue weighted by Crippen LogP contribution is -2.25. The summed E-state index contributed by atoms with van der Waals surface area (Å²) in [5.74, 6) is 0.176. The van der Waals surface area contributed by atoms with Gasteiger partial charge in [-0.3, -0.25) is 4.79 Å². The van der Waals surface area contributed by atoms with Crippen molar-refractivity contribution >= 4 is 28.8 Å². The highest BCUT2D eigenvalue weighted by Crippen LogP contribution is 2.29. The van der Waals surface area contributed by atoms with E-state index in [4.69, 9.17) is 21.3 Å². The summed E-state index contributed by atoms with van der Waals surface area (Å²) in [6.45, 7) is 0.554. The molecule has 10 heteroatoms. The Labute approximate surface area is 177 Å². The van der Waals surface area contributed by atoms with Gasteiger partial charge in [0.1, 0.15) is 12.1 Å². The molecular weight excluding hydrogens is 412 g/mol. The predicted octanol–water partition coefficient (Wildman–Crippen LogP) is 3.02. The number of halogens is 1. The van der Waals surface area contributed by atoms with E-state index in [1.807, 2.05) is 11.3 Å². The molecule has 4 rings (SSSR count). The number of rotatable bonds is 7. The second-order valence-electron chi connectivity index (χ2n) is 6.80. The minimum atomic E-state index is -0.231. The molecule has 1 amide bonds. The van der Waals surface area contributed by atoms with Gasteiger partial charge in [0.25, 0.3) is 5.91 Å². The third-order valence-electron chi connectivity index (χ3n) is 4.85. The second kappa shape index (κ2) is 8.87. The number of methoxy groups -OCH3 is 1. The molecule has 0 unspecified atom stereocenters. The summed E-state index contributed by atoms with van der Waals surface area (Å²) in [5, 5.41) is 15.5. The van der Waals surface area contributed by atoms with Crippen molar-refractivity contribution < 1.29 is 9.53 Å². The quantitative estimate of drug-likeness (QED) is 0.576. The fourth-order valence-corrected chi connectivity index (χ4v) is 4.83. The summed E-state index contributed by atoms with van der Waals surface area (Å²) in [7, 11) is 1.51. The molecule has 0 bridgehead atoms. The van der Waals surface area contributed by atoms with Gasteiger partial charge in [-0.1, -0.05) is 11.6 Å². The van der Waals surface area contributed by atoms with Crippen LogP contribution in [0.5, 0.6) is 5.75 Å². The zero-order valence-corrected chi connectivity index (χ0v) is 17.6. The fraction of sp³-hybridized carbons (Fsp3) is 0.421. The molecular formula is C19H21ClN6O2S. The summed E-state index contributed by atoms with van der Waals surface area (Å²) in [4.78, 5) is 18.8. The molecule has 29 heavy (non-hydrogen) atoms. The Bertz CT molecular complexity index is 981. The third-order valence-corrected chi connectivity index (χ3v) is 6.37. The number of nitrogens with one attached hydrogen (secondary N) is 1. The van der Waals surface area contributed by atoms with Gasteiger partial charge in [0.2, 0.25) is 0 Å². The number of benzene rings is 1. The lowest BCUT2D eigenvalue weighted by molar-refractivity contribution is 0.0950. The first-order chi connectivity index (χ1) is 14.2. The average molecular weight is 433 g/mol. The van der Waals surface area contributed by atoms with Crippen LogP contribution >= 0.6 is 22.9 Å². The van der Waals surface area contributed by atoms with Crippen molar-refractivity contribution in [2.75, 3.05) is 13.7 Å². The zero-order valence-electron chi connectivity index (χ0n) is 16.0. The van der Waals surface area contributed by atoms with Crippen LogP contribution < -0.4 is 10.1 Å². The number of ether oxygens (including phenoxy) is 1. The number of carbonyl (C=O) groups excluding carboxylic acids is 1. The van der Waals surface area contributed by atoms with Gasteiger partial charge in [-0.2, -0.15) is 4.68 Å². The maximum absolute atomic E-state index is 12.6. The monoisotopic (exact) mass is 432 g/mol. The lowest BCUT2D eigenvalue weighted by atomic mass is 10.0. The number of aromatic nitrogens is 5. The minimum Gasteiger partial charge on any atom is -0.496 e. The zero-order chi connectivity index (χ0) is 20.2. The second-order valence-corrected chi connectivity index (χ2v) is 8.38. The van der Waals surface area contributed by atoms with Gasteiger partial charge in [-0.05, 0) is 48.6 Å². The number of fused-ring (bicyclic) bond motifs is 1. The lowest BCUT2D eigenvalue weighted by Gasteiger charge is -2.12. The Hall–Kier alpha value is -2.52. The van der Waals surface area contributed by atoms with Gasteiger partial charge in [-0.15, -0.1) is 16.4 Å². The third kappa shape index (κ3) is 4.40. The number of thiazole rings is 1. The maximum Gasteiger partial charge on any atom is 0.255 e. The van der Waals surface area contributed by atoms with Gasteiger partial charge in [0, 0.05) is 23.9 Å². The van der Waals surface area contributed by atoms with Gasteiger partial charge in [0.05, 0.1) is 34.1 Å². The van der Waals surface area contributed by atoms with Crippen LogP contribution in [0.1, 0.15) is 45.2 Å². The Kier molecular flexibility index (Phi) is 6.05. The summed E-state index contributed by atoms with van der Waals surface area (Å²) >= 11 is 8.15. The van der Waals surface area contributed by atoms with Crippen LogP contribution in [0.3, 0.4) is 0 Å². The van der Waals surface area contributed by atoms with Crippen molar-refractivity contribution in [2.24, 2.45) is 0 Å². The maximum atomic E-state index is 12.6. The molecule has 1 aliphatic rings. The van der Waals surface area contributed by atoms with E-state index in [1.54, 1.807) is 12.1 Å². The van der Waals surface area contributed by atoms with Crippen molar-refractivity contribution in [3.63, 3.8) is 0 Å². The van der Waals surface area contributed by atoms with Crippen molar-refractivity contribution in [3.8, 4) is 11.4 Å². The first-order valence-electron chi connectivity index (χ1n) is 9.52. The number of aryl methyl sites for hydroxylation is 3. The molecule has 1 aliphatic carbocycles. The predicted molar refractivity (Wildman–Crippen MR) is 110 cm³/mol. The molecule has 2 aromatic heterocycles. The van der Waals surface area contributed by atoms with Crippen molar-refractivity contribution in [1.82, 2.24) is 30.5 Å². The Morgan fingerprint density at radius 2 is 2.21 bits per heavy atom. The first kappa shape index (κ1) is 19.8. The molecule has 0 radical (unpaired) electrons. The van der Waals surface area contributed by atoms with Gasteiger partial charge >= 0.3 is 0 Å². The standard InChI is InChI=1S/C19H21ClN6O2S/c1-28-16-10-15(26-11-22-24-25-26)13(20)9-12(16)19(27)21-8-4-7-18-23-14-5-2-3-6-17(14)29-18/h9-11H,2-8H2,1H3,(H,21,27). The molecule has 0 atom stereocenters. The Balaban J connectivity index is 1.37. The first-order valence-corrected chi connectivity index (χ1v) is 10.7. The van der Waals surface area contributed by atoms with Crippen molar-refractivity contribution in [1.29, 1.82) is 0 Å². The van der Waals surface area contributed by atoms with E-state index in [0.717, 1.165) is 30.7 Å². The van der Waals surface area contributed by atoms with E-state index >= 15 is 0 Å². The summed E-state index contributed by atoms with van der Waals surface area (Å²) in [6, 6.07) is 3.22.